The van der Waals surface area contributed by atoms with Gasteiger partial charge in [-0.25, -0.2) is 14.1 Å². The molecule has 1 unspecified atom stereocenters. The zero-order chi connectivity index (χ0) is 24.1. The molecule has 174 valence electrons. The largest absolute Gasteiger partial charge is 0.439 e. The Balaban J connectivity index is 1.38. The molecule has 6 aromatic rings. The molecule has 6 rings (SSSR count). The lowest BCUT2D eigenvalue weighted by Gasteiger charge is -2.06. The molecule has 0 saturated carbocycles. The highest BCUT2D eigenvalue weighted by atomic mass is 127. The Morgan fingerprint density at radius 3 is 2.71 bits per heavy atom. The number of aromatic nitrogens is 7. The number of ether oxygens (including phenoxy) is 1. The molecule has 0 aliphatic heterocycles. The molecule has 9 nitrogen and oxygen atoms in total. The minimum Gasteiger partial charge on any atom is -0.439 e. The predicted molar refractivity (Wildman–Crippen MR) is 146 cm³/mol. The van der Waals surface area contributed by atoms with Crippen LogP contribution in [0.5, 0.6) is 11.6 Å². The fourth-order valence-corrected chi connectivity index (χ4v) is 5.83. The summed E-state index contributed by atoms with van der Waals surface area (Å²) in [6.45, 7) is 2.24. The van der Waals surface area contributed by atoms with Crippen LogP contribution in [0.25, 0.3) is 32.8 Å². The lowest BCUT2D eigenvalue weighted by Crippen LogP contribution is -2.24. The van der Waals surface area contributed by atoms with Crippen LogP contribution < -0.4 is 10.3 Å². The molecule has 0 radical (unpaired) electrons. The fraction of sp³-hybridized carbons (Fsp3) is 0.125. The highest BCUT2D eigenvalue weighted by Crippen LogP contribution is 2.32. The van der Waals surface area contributed by atoms with Gasteiger partial charge in [-0.1, -0.05) is 6.07 Å². The lowest BCUT2D eigenvalue weighted by molar-refractivity contribution is 0.465. The van der Waals surface area contributed by atoms with Gasteiger partial charge in [0.15, 0.2) is 0 Å². The average molecular weight is 595 g/mol. The second-order valence-corrected chi connectivity index (χ2v) is 10.2. The number of halogens is 1. The maximum Gasteiger partial charge on any atom is 0.291 e. The first-order chi connectivity index (χ1) is 17.0. The topological polar surface area (TPSA) is 92.6 Å². The van der Waals surface area contributed by atoms with Gasteiger partial charge in [-0.3, -0.25) is 9.78 Å². The molecule has 0 aliphatic carbocycles. The highest BCUT2D eigenvalue weighted by molar-refractivity contribution is 14.2. The van der Waals surface area contributed by atoms with E-state index < -0.39 is 0 Å². The molecule has 11 heteroatoms. The van der Waals surface area contributed by atoms with Crippen LogP contribution >= 0.6 is 28.4 Å². The van der Waals surface area contributed by atoms with Gasteiger partial charge >= 0.3 is 0 Å². The summed E-state index contributed by atoms with van der Waals surface area (Å²) >= 11 is 2.29. The molecule has 1 aromatic carbocycles. The molecule has 1 atom stereocenters. The number of hydrogen-bond donors (Lipinski definition) is 0. The summed E-state index contributed by atoms with van der Waals surface area (Å²) in [5.74, 6) is 1.12. The first kappa shape index (κ1) is 22.1. The molecule has 0 amide bonds. The van der Waals surface area contributed by atoms with Crippen molar-refractivity contribution in [2.24, 2.45) is 7.05 Å². The standard InChI is InChI=1S/C24H19IN7O2P/c1-14-4-3-5-15(28-14)13-31-24(33)23-18(11-26-31)17-7-6-16(10-21(17)30(23)2)34-22-9-8-20-19(29-22)12-27-32(20)35-25/h3-12,35H,13H2,1-2H3. The number of fused-ring (bicyclic) bond motifs is 4. The van der Waals surface area contributed by atoms with Crippen molar-refractivity contribution in [3.05, 3.63) is 82.7 Å². The molecule has 0 aliphatic rings. The third-order valence-electron chi connectivity index (χ3n) is 5.94. The van der Waals surface area contributed by atoms with Crippen LogP contribution in [0.3, 0.4) is 0 Å². The summed E-state index contributed by atoms with van der Waals surface area (Å²) in [4.78, 5) is 22.4. The van der Waals surface area contributed by atoms with E-state index in [9.17, 15) is 4.79 Å². The zero-order valence-corrected chi connectivity index (χ0v) is 22.0. The van der Waals surface area contributed by atoms with Gasteiger partial charge in [0, 0.05) is 35.6 Å². The van der Waals surface area contributed by atoms with Crippen LogP contribution in [-0.4, -0.2) is 33.9 Å². The van der Waals surface area contributed by atoms with E-state index in [1.165, 1.54) is 4.68 Å². The molecular formula is C24H19IN7O2P. The molecule has 35 heavy (non-hydrogen) atoms. The summed E-state index contributed by atoms with van der Waals surface area (Å²) in [5.41, 5.74) is 4.76. The highest BCUT2D eigenvalue weighted by Gasteiger charge is 2.16. The first-order valence-electron chi connectivity index (χ1n) is 10.8. The Kier molecular flexibility index (Phi) is 5.49. The fourth-order valence-electron chi connectivity index (χ4n) is 4.30. The number of benzene rings is 1. The van der Waals surface area contributed by atoms with Gasteiger partial charge < -0.3 is 9.30 Å². The zero-order valence-electron chi connectivity index (χ0n) is 18.8. The molecule has 0 N–H and O–H groups in total. The summed E-state index contributed by atoms with van der Waals surface area (Å²) in [6, 6.07) is 15.3. The minimum absolute atomic E-state index is 0.160. The number of nitrogens with zero attached hydrogens (tertiary/aromatic N) is 7. The minimum atomic E-state index is -0.160. The van der Waals surface area contributed by atoms with Crippen molar-refractivity contribution in [1.29, 1.82) is 0 Å². The van der Waals surface area contributed by atoms with Crippen LogP contribution in [0, 0.1) is 6.92 Å². The quantitative estimate of drug-likeness (QED) is 0.207. The van der Waals surface area contributed by atoms with Crippen LogP contribution in [0.2, 0.25) is 0 Å². The van der Waals surface area contributed by atoms with E-state index in [1.54, 1.807) is 12.4 Å². The molecule has 5 heterocycles. The van der Waals surface area contributed by atoms with Crippen LogP contribution in [-0.2, 0) is 13.6 Å². The van der Waals surface area contributed by atoms with E-state index >= 15 is 0 Å². The van der Waals surface area contributed by atoms with E-state index in [0.29, 0.717) is 30.1 Å². The van der Waals surface area contributed by atoms with Gasteiger partial charge in [-0.2, -0.15) is 10.2 Å². The van der Waals surface area contributed by atoms with Crippen molar-refractivity contribution in [2.75, 3.05) is 0 Å². The summed E-state index contributed by atoms with van der Waals surface area (Å²) in [5, 5.41) is 10.5. The number of aryl methyl sites for hydroxylation is 2. The van der Waals surface area contributed by atoms with Gasteiger partial charge in [-0.05, 0) is 59.3 Å². The molecule has 0 bridgehead atoms. The van der Waals surface area contributed by atoms with Crippen molar-refractivity contribution >= 4 is 61.3 Å². The molecular weight excluding hydrogens is 576 g/mol. The van der Waals surface area contributed by atoms with Crippen molar-refractivity contribution < 1.29 is 4.74 Å². The van der Waals surface area contributed by atoms with E-state index in [0.717, 1.165) is 38.7 Å². The monoisotopic (exact) mass is 595 g/mol. The smallest absolute Gasteiger partial charge is 0.291 e. The average Bonchev–Trinajstić information content (AvgIpc) is 3.39. The molecule has 0 spiro atoms. The van der Waals surface area contributed by atoms with Crippen molar-refractivity contribution in [1.82, 2.24) is 33.9 Å². The van der Waals surface area contributed by atoms with E-state index in [2.05, 4.69) is 42.2 Å². The molecule has 5 aromatic heterocycles. The number of hydrogen-bond acceptors (Lipinski definition) is 6. The van der Waals surface area contributed by atoms with E-state index in [1.807, 2.05) is 71.5 Å². The molecule has 0 fully saturated rings. The third kappa shape index (κ3) is 3.86. The van der Waals surface area contributed by atoms with Crippen molar-refractivity contribution in [2.45, 2.75) is 13.5 Å². The van der Waals surface area contributed by atoms with Gasteiger partial charge in [0.05, 0.1) is 42.0 Å². The van der Waals surface area contributed by atoms with Gasteiger partial charge in [0.25, 0.3) is 5.56 Å². The predicted octanol–water partition coefficient (Wildman–Crippen LogP) is 4.97. The van der Waals surface area contributed by atoms with Gasteiger partial charge in [0.1, 0.15) is 16.8 Å². The molecule has 0 saturated heterocycles. The first-order valence-corrected chi connectivity index (χ1v) is 14.9. The summed E-state index contributed by atoms with van der Waals surface area (Å²) in [7, 11) is 1.88. The third-order valence-corrected chi connectivity index (χ3v) is 7.82. The number of pyridine rings is 2. The second-order valence-electron chi connectivity index (χ2n) is 8.17. The van der Waals surface area contributed by atoms with Crippen LogP contribution in [0.1, 0.15) is 11.4 Å². The maximum atomic E-state index is 13.3. The summed E-state index contributed by atoms with van der Waals surface area (Å²) in [6.07, 6.45) is 3.99. The van der Waals surface area contributed by atoms with E-state index in [-0.39, 0.29) is 5.56 Å². The Morgan fingerprint density at radius 1 is 1.00 bits per heavy atom. The SMILES string of the molecule is Cc1cccc(Cn2ncc3c4ccc(Oc5ccc6c(cnn6PI)n5)cc4n(C)c3c2=O)n1. The van der Waals surface area contributed by atoms with Crippen molar-refractivity contribution in [3.8, 4) is 11.6 Å². The maximum absolute atomic E-state index is 13.3. The Hall–Kier alpha value is -3.37. The number of rotatable bonds is 5. The van der Waals surface area contributed by atoms with Crippen molar-refractivity contribution in [3.63, 3.8) is 0 Å². The van der Waals surface area contributed by atoms with Gasteiger partial charge in [0.2, 0.25) is 5.88 Å². The Labute approximate surface area is 214 Å². The van der Waals surface area contributed by atoms with Gasteiger partial charge in [-0.15, -0.1) is 0 Å². The van der Waals surface area contributed by atoms with Crippen LogP contribution in [0.15, 0.2) is 65.7 Å². The summed E-state index contributed by atoms with van der Waals surface area (Å²) < 4.78 is 11.3. The normalized spacial score (nSPS) is 12.0. The second kappa shape index (κ2) is 8.69. The Bertz CT molecular complexity index is 1810. The van der Waals surface area contributed by atoms with Crippen LogP contribution in [0.4, 0.5) is 0 Å². The van der Waals surface area contributed by atoms with E-state index in [4.69, 9.17) is 4.74 Å². The lowest BCUT2D eigenvalue weighted by atomic mass is 10.2. The Morgan fingerprint density at radius 2 is 1.89 bits per heavy atom.